The molecule has 0 saturated heterocycles. The summed E-state index contributed by atoms with van der Waals surface area (Å²) in [5.41, 5.74) is 2.66. The molecule has 3 nitrogen and oxygen atoms in total. The highest BCUT2D eigenvalue weighted by Crippen LogP contribution is 2.25. The van der Waals surface area contributed by atoms with Crippen LogP contribution in [0.1, 0.15) is 94.2 Å². The Labute approximate surface area is 159 Å². The SMILES string of the molecule is CCCCCCCCCCCCC(Cc1cc(C)c(O)c(C)c1)C(=O)O. The van der Waals surface area contributed by atoms with E-state index in [4.69, 9.17) is 0 Å². The first-order valence-corrected chi connectivity index (χ1v) is 10.5. The van der Waals surface area contributed by atoms with Gasteiger partial charge in [0, 0.05) is 0 Å². The monoisotopic (exact) mass is 362 g/mol. The van der Waals surface area contributed by atoms with Crippen molar-refractivity contribution in [2.75, 3.05) is 0 Å². The zero-order chi connectivity index (χ0) is 19.4. The Bertz CT molecular complexity index is 513. The van der Waals surface area contributed by atoms with Gasteiger partial charge in [0.25, 0.3) is 0 Å². The van der Waals surface area contributed by atoms with Gasteiger partial charge in [-0.05, 0) is 43.4 Å². The third-order valence-corrected chi connectivity index (χ3v) is 5.29. The zero-order valence-electron chi connectivity index (χ0n) is 17.0. The Balaban J connectivity index is 2.27. The maximum Gasteiger partial charge on any atom is 0.306 e. The summed E-state index contributed by atoms with van der Waals surface area (Å²) in [5, 5.41) is 19.4. The number of phenols is 1. The van der Waals surface area contributed by atoms with Gasteiger partial charge >= 0.3 is 5.97 Å². The van der Waals surface area contributed by atoms with Crippen molar-refractivity contribution < 1.29 is 15.0 Å². The van der Waals surface area contributed by atoms with E-state index in [-0.39, 0.29) is 5.92 Å². The lowest BCUT2D eigenvalue weighted by molar-refractivity contribution is -0.142. The molecule has 1 rings (SSSR count). The molecule has 0 aromatic heterocycles. The number of aryl methyl sites for hydroxylation is 2. The van der Waals surface area contributed by atoms with Gasteiger partial charge < -0.3 is 10.2 Å². The lowest BCUT2D eigenvalue weighted by Gasteiger charge is -2.14. The second-order valence-corrected chi connectivity index (χ2v) is 7.79. The Hall–Kier alpha value is -1.51. The molecule has 26 heavy (non-hydrogen) atoms. The van der Waals surface area contributed by atoms with Crippen LogP contribution in [0.3, 0.4) is 0 Å². The van der Waals surface area contributed by atoms with Crippen LogP contribution in [-0.4, -0.2) is 16.2 Å². The van der Waals surface area contributed by atoms with Crippen LogP contribution in [0.25, 0.3) is 0 Å². The predicted octanol–water partition coefficient (Wildman–Crippen LogP) is 6.56. The maximum atomic E-state index is 11.6. The molecule has 0 bridgehead atoms. The second kappa shape index (κ2) is 12.8. The number of carboxylic acids is 1. The molecule has 0 saturated carbocycles. The molecular weight excluding hydrogens is 324 g/mol. The molecule has 0 aliphatic carbocycles. The highest BCUT2D eigenvalue weighted by molar-refractivity contribution is 5.70. The Morgan fingerprint density at radius 1 is 0.885 bits per heavy atom. The van der Waals surface area contributed by atoms with Crippen LogP contribution >= 0.6 is 0 Å². The molecule has 1 aromatic carbocycles. The maximum absolute atomic E-state index is 11.6. The fourth-order valence-corrected chi connectivity index (χ4v) is 3.64. The number of carboxylic acid groups (broad SMARTS) is 1. The number of phenolic OH excluding ortho intramolecular Hbond substituents is 1. The van der Waals surface area contributed by atoms with Gasteiger partial charge in [-0.3, -0.25) is 4.79 Å². The van der Waals surface area contributed by atoms with Crippen LogP contribution in [0, 0.1) is 19.8 Å². The van der Waals surface area contributed by atoms with E-state index in [1.807, 2.05) is 26.0 Å². The van der Waals surface area contributed by atoms with Crippen molar-refractivity contribution in [3.05, 3.63) is 28.8 Å². The molecule has 1 atom stereocenters. The van der Waals surface area contributed by atoms with Gasteiger partial charge in [-0.1, -0.05) is 83.3 Å². The molecule has 2 N–H and O–H groups in total. The van der Waals surface area contributed by atoms with Crippen molar-refractivity contribution in [3.8, 4) is 5.75 Å². The highest BCUT2D eigenvalue weighted by Gasteiger charge is 2.18. The number of hydrogen-bond donors (Lipinski definition) is 2. The quantitative estimate of drug-likeness (QED) is 0.368. The Morgan fingerprint density at radius 3 is 1.81 bits per heavy atom. The molecule has 0 fully saturated rings. The molecule has 148 valence electrons. The topological polar surface area (TPSA) is 57.5 Å². The molecule has 0 heterocycles. The van der Waals surface area contributed by atoms with Crippen molar-refractivity contribution in [3.63, 3.8) is 0 Å². The summed E-state index contributed by atoms with van der Waals surface area (Å²) in [7, 11) is 0. The first kappa shape index (κ1) is 22.5. The Kier molecular flexibility index (Phi) is 11.1. The van der Waals surface area contributed by atoms with Crippen molar-refractivity contribution in [2.45, 2.75) is 97.8 Å². The summed E-state index contributed by atoms with van der Waals surface area (Å²) in [5.74, 6) is -0.716. The van der Waals surface area contributed by atoms with E-state index < -0.39 is 5.97 Å². The van der Waals surface area contributed by atoms with Crippen molar-refractivity contribution in [1.29, 1.82) is 0 Å². The average Bonchev–Trinajstić information content (AvgIpc) is 2.60. The number of carbonyl (C=O) groups is 1. The van der Waals surface area contributed by atoms with Crippen molar-refractivity contribution in [2.24, 2.45) is 5.92 Å². The molecular formula is C23H38O3. The van der Waals surface area contributed by atoms with E-state index in [0.29, 0.717) is 12.2 Å². The smallest absolute Gasteiger partial charge is 0.306 e. The summed E-state index contributed by atoms with van der Waals surface area (Å²) >= 11 is 0. The number of hydrogen-bond acceptors (Lipinski definition) is 2. The number of rotatable bonds is 14. The lowest BCUT2D eigenvalue weighted by atomic mass is 9.92. The molecule has 0 spiro atoms. The summed E-state index contributed by atoms with van der Waals surface area (Å²) in [4.78, 5) is 11.6. The average molecular weight is 363 g/mol. The van der Waals surface area contributed by atoms with E-state index in [0.717, 1.165) is 36.0 Å². The minimum absolute atomic E-state index is 0.315. The third kappa shape index (κ3) is 8.73. The molecule has 0 aliphatic heterocycles. The van der Waals surface area contributed by atoms with Crippen LogP contribution in [0.15, 0.2) is 12.1 Å². The first-order chi connectivity index (χ1) is 12.5. The molecule has 1 unspecified atom stereocenters. The van der Waals surface area contributed by atoms with E-state index in [1.54, 1.807) is 0 Å². The summed E-state index contributed by atoms with van der Waals surface area (Å²) < 4.78 is 0. The molecule has 0 radical (unpaired) electrons. The zero-order valence-corrected chi connectivity index (χ0v) is 17.0. The normalized spacial score (nSPS) is 12.3. The van der Waals surface area contributed by atoms with Crippen LogP contribution in [0.5, 0.6) is 5.75 Å². The van der Waals surface area contributed by atoms with Gasteiger partial charge in [0.05, 0.1) is 5.92 Å². The first-order valence-electron chi connectivity index (χ1n) is 10.5. The van der Waals surface area contributed by atoms with Crippen LogP contribution < -0.4 is 0 Å². The summed E-state index contributed by atoms with van der Waals surface area (Å²) in [6.45, 7) is 5.97. The largest absolute Gasteiger partial charge is 0.507 e. The fraction of sp³-hybridized carbons (Fsp3) is 0.696. The van der Waals surface area contributed by atoms with Gasteiger partial charge in [-0.2, -0.15) is 0 Å². The second-order valence-electron chi connectivity index (χ2n) is 7.79. The molecule has 3 heteroatoms. The number of aliphatic carboxylic acids is 1. The Morgan fingerprint density at radius 2 is 1.35 bits per heavy atom. The molecule has 0 amide bonds. The van der Waals surface area contributed by atoms with E-state index in [2.05, 4.69) is 6.92 Å². The standard InChI is InChI=1S/C23H38O3/c1-4-5-6-7-8-9-10-11-12-13-14-21(23(25)26)17-20-15-18(2)22(24)19(3)16-20/h15-16,21,24H,4-14,17H2,1-3H3,(H,25,26). The van der Waals surface area contributed by atoms with Crippen LogP contribution in [-0.2, 0) is 11.2 Å². The van der Waals surface area contributed by atoms with Crippen LogP contribution in [0.4, 0.5) is 0 Å². The predicted molar refractivity (Wildman–Crippen MR) is 109 cm³/mol. The van der Waals surface area contributed by atoms with E-state index in [9.17, 15) is 15.0 Å². The number of aromatic hydroxyl groups is 1. The number of benzene rings is 1. The van der Waals surface area contributed by atoms with Gasteiger partial charge in [-0.25, -0.2) is 0 Å². The lowest BCUT2D eigenvalue weighted by Crippen LogP contribution is -2.16. The highest BCUT2D eigenvalue weighted by atomic mass is 16.4. The van der Waals surface area contributed by atoms with E-state index >= 15 is 0 Å². The minimum Gasteiger partial charge on any atom is -0.507 e. The van der Waals surface area contributed by atoms with Gasteiger partial charge in [0.15, 0.2) is 0 Å². The number of unbranched alkanes of at least 4 members (excludes halogenated alkanes) is 9. The van der Waals surface area contributed by atoms with Crippen molar-refractivity contribution in [1.82, 2.24) is 0 Å². The van der Waals surface area contributed by atoms with E-state index in [1.165, 1.54) is 51.4 Å². The van der Waals surface area contributed by atoms with Gasteiger partial charge in [-0.15, -0.1) is 0 Å². The third-order valence-electron chi connectivity index (χ3n) is 5.29. The summed E-state index contributed by atoms with van der Waals surface area (Å²) in [6, 6.07) is 3.83. The fourth-order valence-electron chi connectivity index (χ4n) is 3.64. The molecule has 1 aromatic rings. The van der Waals surface area contributed by atoms with Crippen LogP contribution in [0.2, 0.25) is 0 Å². The van der Waals surface area contributed by atoms with Gasteiger partial charge in [0.2, 0.25) is 0 Å². The van der Waals surface area contributed by atoms with Crippen molar-refractivity contribution >= 4 is 5.97 Å². The van der Waals surface area contributed by atoms with Gasteiger partial charge in [0.1, 0.15) is 5.75 Å². The minimum atomic E-state index is -0.704. The molecule has 0 aliphatic rings. The summed E-state index contributed by atoms with van der Waals surface area (Å²) in [6.07, 6.45) is 14.0.